The maximum Gasteiger partial charge on any atom is 0.240 e. The number of hydrogen-bond donors (Lipinski definition) is 2. The van der Waals surface area contributed by atoms with Gasteiger partial charge in [0.05, 0.1) is 19.4 Å². The third kappa shape index (κ3) is 5.26. The summed E-state index contributed by atoms with van der Waals surface area (Å²) in [6, 6.07) is 14.3. The number of nitrogens with zero attached hydrogens (tertiary/aromatic N) is 1. The van der Waals surface area contributed by atoms with Crippen molar-refractivity contribution in [1.29, 1.82) is 0 Å². The summed E-state index contributed by atoms with van der Waals surface area (Å²) in [6.07, 6.45) is 0.0516. The molecule has 2 aromatic rings. The lowest BCUT2D eigenvalue weighted by Crippen LogP contribution is -2.28. The molecule has 1 aliphatic rings. The number of aliphatic imine (C=N–C) groups is 1. The van der Waals surface area contributed by atoms with E-state index in [0.29, 0.717) is 28.9 Å². The molecule has 1 saturated heterocycles. The number of nitrogens with one attached hydrogen (secondary N) is 2. The van der Waals surface area contributed by atoms with Gasteiger partial charge in [0, 0.05) is 18.2 Å². The zero-order chi connectivity index (χ0) is 19.9. The number of carbonyl (C=O) groups excluding carboxylic acids is 2. The van der Waals surface area contributed by atoms with E-state index in [4.69, 9.17) is 9.47 Å². The third-order valence-corrected chi connectivity index (χ3v) is 4.96. The monoisotopic (exact) mass is 399 g/mol. The van der Waals surface area contributed by atoms with Crippen LogP contribution in [0.25, 0.3) is 0 Å². The predicted molar refractivity (Wildman–Crippen MR) is 110 cm³/mol. The zero-order valence-electron chi connectivity index (χ0n) is 15.6. The first-order chi connectivity index (χ1) is 13.6. The Bertz CT molecular complexity index is 883. The second-order valence-electron chi connectivity index (χ2n) is 5.92. The number of hydrogen-bond acceptors (Lipinski definition) is 6. The molecular formula is C20H21N3O4S. The van der Waals surface area contributed by atoms with Crippen LogP contribution in [0.5, 0.6) is 11.5 Å². The van der Waals surface area contributed by atoms with E-state index in [1.54, 1.807) is 31.4 Å². The Morgan fingerprint density at radius 1 is 1.21 bits per heavy atom. The van der Waals surface area contributed by atoms with E-state index in [9.17, 15) is 9.59 Å². The molecule has 0 spiro atoms. The van der Waals surface area contributed by atoms with Crippen LogP contribution in [-0.2, 0) is 9.59 Å². The summed E-state index contributed by atoms with van der Waals surface area (Å²) in [5, 5.41) is 5.46. The normalized spacial score (nSPS) is 17.3. The molecule has 0 unspecified atom stereocenters. The second kappa shape index (κ2) is 9.27. The van der Waals surface area contributed by atoms with Gasteiger partial charge < -0.3 is 20.1 Å². The van der Waals surface area contributed by atoms with Gasteiger partial charge in [-0.05, 0) is 43.3 Å². The van der Waals surface area contributed by atoms with Crippen LogP contribution in [0, 0.1) is 0 Å². The topological polar surface area (TPSA) is 89.0 Å². The fraction of sp³-hybridized carbons (Fsp3) is 0.250. The van der Waals surface area contributed by atoms with Crippen molar-refractivity contribution in [1.82, 2.24) is 5.32 Å². The molecule has 1 atom stereocenters. The van der Waals surface area contributed by atoms with Crippen molar-refractivity contribution in [2.75, 3.05) is 19.0 Å². The first kappa shape index (κ1) is 19.8. The van der Waals surface area contributed by atoms with Gasteiger partial charge in [0.2, 0.25) is 11.8 Å². The number of thioether (sulfide) groups is 1. The van der Waals surface area contributed by atoms with E-state index >= 15 is 0 Å². The smallest absolute Gasteiger partial charge is 0.240 e. The van der Waals surface area contributed by atoms with E-state index in [2.05, 4.69) is 15.6 Å². The zero-order valence-corrected chi connectivity index (χ0v) is 16.4. The fourth-order valence-electron chi connectivity index (χ4n) is 2.57. The number of rotatable bonds is 7. The Morgan fingerprint density at radius 2 is 2.00 bits per heavy atom. The second-order valence-corrected chi connectivity index (χ2v) is 7.12. The first-order valence-electron chi connectivity index (χ1n) is 8.80. The standard InChI is InChI=1S/C20H21N3O4S/c1-3-27-15-9-7-13(8-10-15)22-20-23-19(25)17(28-20)12-18(24)21-14-5-4-6-16(11-14)26-2/h4-11,17H,3,12H2,1-2H3,(H,21,24)(H,22,23,25)/t17-/m0/s1. The maximum atomic E-state index is 12.3. The SMILES string of the molecule is CCOc1ccc(N=C2NC(=O)[C@H](CC(=O)Nc3cccc(OC)c3)S2)cc1. The van der Waals surface area contributed by atoms with Gasteiger partial charge in [-0.2, -0.15) is 0 Å². The number of ether oxygens (including phenoxy) is 2. The summed E-state index contributed by atoms with van der Waals surface area (Å²) < 4.78 is 10.5. The van der Waals surface area contributed by atoms with Crippen molar-refractivity contribution in [3.05, 3.63) is 48.5 Å². The molecule has 1 heterocycles. The minimum Gasteiger partial charge on any atom is -0.497 e. The fourth-order valence-corrected chi connectivity index (χ4v) is 3.56. The van der Waals surface area contributed by atoms with Crippen LogP contribution in [0.1, 0.15) is 13.3 Å². The van der Waals surface area contributed by atoms with E-state index in [1.807, 2.05) is 31.2 Å². The maximum absolute atomic E-state index is 12.3. The van der Waals surface area contributed by atoms with Crippen LogP contribution < -0.4 is 20.1 Å². The van der Waals surface area contributed by atoms with Crippen LogP contribution in [0.15, 0.2) is 53.5 Å². The summed E-state index contributed by atoms with van der Waals surface area (Å²) in [4.78, 5) is 28.9. The van der Waals surface area contributed by atoms with Crippen LogP contribution in [-0.4, -0.2) is 35.9 Å². The summed E-state index contributed by atoms with van der Waals surface area (Å²) in [5.74, 6) is 0.941. The summed E-state index contributed by atoms with van der Waals surface area (Å²) in [5.41, 5.74) is 1.32. The molecule has 1 aliphatic heterocycles. The quantitative estimate of drug-likeness (QED) is 0.745. The van der Waals surface area contributed by atoms with Crippen molar-refractivity contribution in [3.63, 3.8) is 0 Å². The molecule has 2 amide bonds. The lowest BCUT2D eigenvalue weighted by Gasteiger charge is -2.08. The van der Waals surface area contributed by atoms with Crippen molar-refractivity contribution in [3.8, 4) is 11.5 Å². The highest BCUT2D eigenvalue weighted by Gasteiger charge is 2.32. The van der Waals surface area contributed by atoms with Gasteiger partial charge >= 0.3 is 0 Å². The minimum atomic E-state index is -0.521. The average Bonchev–Trinajstić information content (AvgIpc) is 3.02. The Hall–Kier alpha value is -3.00. The lowest BCUT2D eigenvalue weighted by molar-refractivity contribution is -0.122. The van der Waals surface area contributed by atoms with Crippen molar-refractivity contribution in [2.24, 2.45) is 4.99 Å². The Labute approximate surface area is 167 Å². The average molecular weight is 399 g/mol. The van der Waals surface area contributed by atoms with Gasteiger partial charge in [-0.15, -0.1) is 0 Å². The largest absolute Gasteiger partial charge is 0.497 e. The van der Waals surface area contributed by atoms with Gasteiger partial charge in [-0.3, -0.25) is 9.59 Å². The molecule has 0 bridgehead atoms. The first-order valence-corrected chi connectivity index (χ1v) is 9.68. The van der Waals surface area contributed by atoms with Crippen molar-refractivity contribution < 1.29 is 19.1 Å². The molecule has 28 heavy (non-hydrogen) atoms. The molecular weight excluding hydrogens is 378 g/mol. The molecule has 0 aromatic heterocycles. The van der Waals surface area contributed by atoms with E-state index in [0.717, 1.165) is 5.75 Å². The lowest BCUT2D eigenvalue weighted by atomic mass is 10.2. The molecule has 7 nitrogen and oxygen atoms in total. The van der Waals surface area contributed by atoms with Gasteiger partial charge in [0.1, 0.15) is 16.7 Å². The van der Waals surface area contributed by atoms with E-state index < -0.39 is 5.25 Å². The highest BCUT2D eigenvalue weighted by molar-refractivity contribution is 8.15. The number of amides is 2. The molecule has 0 saturated carbocycles. The highest BCUT2D eigenvalue weighted by Crippen LogP contribution is 2.27. The molecule has 0 aliphatic carbocycles. The van der Waals surface area contributed by atoms with E-state index in [-0.39, 0.29) is 18.2 Å². The molecule has 8 heteroatoms. The molecule has 1 fully saturated rings. The number of benzene rings is 2. The van der Waals surface area contributed by atoms with Crippen LogP contribution in [0.4, 0.5) is 11.4 Å². The Morgan fingerprint density at radius 3 is 2.71 bits per heavy atom. The number of carbonyl (C=O) groups is 2. The Balaban J connectivity index is 1.58. The predicted octanol–water partition coefficient (Wildman–Crippen LogP) is 3.34. The van der Waals surface area contributed by atoms with E-state index in [1.165, 1.54) is 11.8 Å². The summed E-state index contributed by atoms with van der Waals surface area (Å²) in [6.45, 7) is 2.52. The van der Waals surface area contributed by atoms with Crippen molar-refractivity contribution in [2.45, 2.75) is 18.6 Å². The molecule has 2 N–H and O–H groups in total. The molecule has 2 aromatic carbocycles. The van der Waals surface area contributed by atoms with Crippen LogP contribution >= 0.6 is 11.8 Å². The summed E-state index contributed by atoms with van der Waals surface area (Å²) >= 11 is 1.25. The molecule has 0 radical (unpaired) electrons. The van der Waals surface area contributed by atoms with Crippen LogP contribution in [0.3, 0.4) is 0 Å². The Kier molecular flexibility index (Phi) is 6.54. The van der Waals surface area contributed by atoms with Gasteiger partial charge in [0.25, 0.3) is 0 Å². The summed E-state index contributed by atoms with van der Waals surface area (Å²) in [7, 11) is 1.56. The number of amidine groups is 1. The highest BCUT2D eigenvalue weighted by atomic mass is 32.2. The minimum absolute atomic E-state index is 0.0516. The van der Waals surface area contributed by atoms with Crippen molar-refractivity contribution >= 4 is 40.1 Å². The van der Waals surface area contributed by atoms with Gasteiger partial charge in [0.15, 0.2) is 5.17 Å². The molecule has 3 rings (SSSR count). The van der Waals surface area contributed by atoms with Gasteiger partial charge in [-0.25, -0.2) is 4.99 Å². The van der Waals surface area contributed by atoms with Crippen LogP contribution in [0.2, 0.25) is 0 Å². The third-order valence-electron chi connectivity index (χ3n) is 3.88. The molecule has 146 valence electrons. The number of anilines is 1. The number of methoxy groups -OCH3 is 1. The van der Waals surface area contributed by atoms with Gasteiger partial charge in [-0.1, -0.05) is 17.8 Å².